The highest BCUT2D eigenvalue weighted by atomic mass is 19.1. The Kier molecular flexibility index (Phi) is 6.97. The van der Waals surface area contributed by atoms with Crippen molar-refractivity contribution in [1.29, 1.82) is 0 Å². The van der Waals surface area contributed by atoms with Crippen molar-refractivity contribution < 1.29 is 38.1 Å². The van der Waals surface area contributed by atoms with E-state index >= 15 is 0 Å². The van der Waals surface area contributed by atoms with Crippen molar-refractivity contribution in [3.63, 3.8) is 0 Å². The number of carboxylic acids is 1. The highest BCUT2D eigenvalue weighted by Crippen LogP contribution is 2.35. The molecule has 3 aromatic rings. The third-order valence-corrected chi connectivity index (χ3v) is 5.72. The van der Waals surface area contributed by atoms with Gasteiger partial charge in [0, 0.05) is 6.42 Å². The summed E-state index contributed by atoms with van der Waals surface area (Å²) in [6.45, 7) is -0.832. The van der Waals surface area contributed by atoms with Crippen molar-refractivity contribution >= 4 is 23.4 Å². The predicted molar refractivity (Wildman–Crippen MR) is 123 cm³/mol. The third-order valence-electron chi connectivity index (χ3n) is 5.72. The fourth-order valence-corrected chi connectivity index (χ4v) is 4.11. The number of ether oxygens (including phenoxy) is 2. The molecule has 1 aliphatic carbocycles. The first-order valence-corrected chi connectivity index (χ1v) is 10.9. The fraction of sp³-hybridized carbons (Fsp3) is 0.231. The Morgan fingerprint density at radius 2 is 1.60 bits per heavy atom. The zero-order valence-electron chi connectivity index (χ0n) is 18.6. The molecule has 0 radical (unpaired) electrons. The van der Waals surface area contributed by atoms with Gasteiger partial charge < -0.3 is 19.7 Å². The number of hydrogen-bond acceptors (Lipinski definition) is 5. The largest absolute Gasteiger partial charge is 0.482 e. The number of benzene rings is 3. The lowest BCUT2D eigenvalue weighted by molar-refractivity contribution is -0.139. The van der Waals surface area contributed by atoms with E-state index < -0.39 is 35.9 Å². The molecule has 182 valence electrons. The second kappa shape index (κ2) is 10.1. The second-order valence-corrected chi connectivity index (χ2v) is 8.33. The summed E-state index contributed by atoms with van der Waals surface area (Å²) < 4.78 is 38.5. The van der Waals surface area contributed by atoms with Crippen LogP contribution in [0.2, 0.25) is 0 Å². The maximum atomic E-state index is 13.9. The maximum Gasteiger partial charge on any atom is 0.419 e. The summed E-state index contributed by atoms with van der Waals surface area (Å²) in [5.74, 6) is -1.82. The minimum Gasteiger partial charge on any atom is -0.482 e. The molecule has 0 spiro atoms. The molecule has 1 unspecified atom stereocenters. The van der Waals surface area contributed by atoms with E-state index in [-0.39, 0.29) is 30.8 Å². The summed E-state index contributed by atoms with van der Waals surface area (Å²) in [6.07, 6.45) is -0.129. The molecule has 0 fully saturated rings. The number of carbonyl (C=O) groups excluding carboxylic acids is 1. The van der Waals surface area contributed by atoms with Crippen molar-refractivity contribution in [2.24, 2.45) is 0 Å². The SMILES string of the molecule is O=C(O)COc1cccc2c1CCC(O)(COC(=O)N(c1cccc(F)c1)c1cccc(F)c1)C2. The Balaban J connectivity index is 1.51. The molecule has 0 aliphatic heterocycles. The maximum absolute atomic E-state index is 13.9. The molecule has 0 heterocycles. The molecule has 0 saturated carbocycles. The van der Waals surface area contributed by atoms with Gasteiger partial charge in [-0.1, -0.05) is 24.3 Å². The molecule has 9 heteroatoms. The molecule has 0 aromatic heterocycles. The lowest BCUT2D eigenvalue weighted by Gasteiger charge is -2.34. The highest BCUT2D eigenvalue weighted by Gasteiger charge is 2.36. The zero-order chi connectivity index (χ0) is 25.0. The van der Waals surface area contributed by atoms with Gasteiger partial charge in [0.25, 0.3) is 0 Å². The first-order valence-electron chi connectivity index (χ1n) is 10.9. The topological polar surface area (TPSA) is 96.3 Å². The van der Waals surface area contributed by atoms with E-state index in [2.05, 4.69) is 0 Å². The monoisotopic (exact) mass is 483 g/mol. The third kappa shape index (κ3) is 5.75. The van der Waals surface area contributed by atoms with Crippen LogP contribution in [0.5, 0.6) is 5.75 Å². The number of aliphatic carboxylic acids is 1. The number of carbonyl (C=O) groups is 2. The molecule has 35 heavy (non-hydrogen) atoms. The molecule has 3 aromatic carbocycles. The Morgan fingerprint density at radius 1 is 0.971 bits per heavy atom. The van der Waals surface area contributed by atoms with Crippen LogP contribution in [-0.2, 0) is 22.4 Å². The molecule has 0 bridgehead atoms. The highest BCUT2D eigenvalue weighted by molar-refractivity contribution is 5.96. The van der Waals surface area contributed by atoms with E-state index in [1.54, 1.807) is 18.2 Å². The molecule has 7 nitrogen and oxygen atoms in total. The molecule has 1 atom stereocenters. The summed E-state index contributed by atoms with van der Waals surface area (Å²) in [5.41, 5.74) is 0.447. The molecular formula is C26H23F2NO6. The van der Waals surface area contributed by atoms with Gasteiger partial charge in [0.2, 0.25) is 0 Å². The van der Waals surface area contributed by atoms with Crippen LogP contribution in [-0.4, -0.2) is 41.1 Å². The Hall–Kier alpha value is -3.98. The zero-order valence-corrected chi connectivity index (χ0v) is 18.6. The molecule has 2 N–H and O–H groups in total. The van der Waals surface area contributed by atoms with E-state index in [1.165, 1.54) is 36.4 Å². The second-order valence-electron chi connectivity index (χ2n) is 8.33. The number of nitrogens with zero attached hydrogens (tertiary/aromatic N) is 1. The first-order chi connectivity index (χ1) is 16.7. The van der Waals surface area contributed by atoms with E-state index in [9.17, 15) is 23.5 Å². The Morgan fingerprint density at radius 3 is 2.20 bits per heavy atom. The number of halogens is 2. The number of amides is 1. The number of fused-ring (bicyclic) bond motifs is 1. The quantitative estimate of drug-likeness (QED) is 0.509. The van der Waals surface area contributed by atoms with Gasteiger partial charge in [0.05, 0.1) is 11.4 Å². The van der Waals surface area contributed by atoms with Gasteiger partial charge >= 0.3 is 12.1 Å². The fourth-order valence-electron chi connectivity index (χ4n) is 4.11. The van der Waals surface area contributed by atoms with Gasteiger partial charge in [-0.15, -0.1) is 0 Å². The van der Waals surface area contributed by atoms with Crippen LogP contribution in [0.3, 0.4) is 0 Å². The van der Waals surface area contributed by atoms with Crippen LogP contribution in [0.1, 0.15) is 17.5 Å². The summed E-state index contributed by atoms with van der Waals surface area (Å²) in [4.78, 5) is 24.9. The molecule has 4 rings (SSSR count). The predicted octanol–water partition coefficient (Wildman–Crippen LogP) is 4.62. The van der Waals surface area contributed by atoms with Gasteiger partial charge in [-0.05, 0) is 66.4 Å². The Labute approximate surface area is 200 Å². The van der Waals surface area contributed by atoms with Crippen molar-refractivity contribution in [2.45, 2.75) is 24.9 Å². The smallest absolute Gasteiger partial charge is 0.419 e. The van der Waals surface area contributed by atoms with Gasteiger partial charge in [0.1, 0.15) is 29.6 Å². The molecular weight excluding hydrogens is 460 g/mol. The van der Waals surface area contributed by atoms with Crippen LogP contribution >= 0.6 is 0 Å². The normalized spacial score (nSPS) is 16.8. The molecule has 1 aliphatic rings. The van der Waals surface area contributed by atoms with Crippen LogP contribution in [0, 0.1) is 11.6 Å². The number of rotatable bonds is 7. The van der Waals surface area contributed by atoms with Crippen LogP contribution in [0.15, 0.2) is 66.7 Å². The lowest BCUT2D eigenvalue weighted by Crippen LogP contribution is -2.42. The summed E-state index contributed by atoms with van der Waals surface area (Å²) in [6, 6.07) is 15.6. The van der Waals surface area contributed by atoms with E-state index in [0.29, 0.717) is 12.2 Å². The Bertz CT molecular complexity index is 1200. The average Bonchev–Trinajstić information content (AvgIpc) is 2.81. The summed E-state index contributed by atoms with van der Waals surface area (Å²) in [5, 5.41) is 20.0. The van der Waals surface area contributed by atoms with Crippen molar-refractivity contribution in [1.82, 2.24) is 0 Å². The van der Waals surface area contributed by atoms with Gasteiger partial charge in [-0.2, -0.15) is 0 Å². The number of anilines is 2. The van der Waals surface area contributed by atoms with Crippen LogP contribution < -0.4 is 9.64 Å². The summed E-state index contributed by atoms with van der Waals surface area (Å²) in [7, 11) is 0. The van der Waals surface area contributed by atoms with Gasteiger partial charge in [0.15, 0.2) is 6.61 Å². The standard InChI is InChI=1S/C26H23F2NO6/c27-18-5-2-7-20(12-18)29(21-8-3-6-19(28)13-21)25(32)35-16-26(33)11-10-22-17(14-26)4-1-9-23(22)34-15-24(30)31/h1-9,12-13,33H,10-11,14-16H2,(H,30,31). The first kappa shape index (κ1) is 24.2. The van der Waals surface area contributed by atoms with Gasteiger partial charge in [-0.25, -0.2) is 23.3 Å². The van der Waals surface area contributed by atoms with Crippen molar-refractivity contribution in [3.8, 4) is 5.75 Å². The van der Waals surface area contributed by atoms with E-state index in [4.69, 9.17) is 14.6 Å². The van der Waals surface area contributed by atoms with Crippen molar-refractivity contribution in [3.05, 3.63) is 89.5 Å². The number of aliphatic hydroxyl groups is 1. The van der Waals surface area contributed by atoms with E-state index in [0.717, 1.165) is 28.2 Å². The lowest BCUT2D eigenvalue weighted by atomic mass is 9.80. The molecule has 0 saturated heterocycles. The molecule has 1 amide bonds. The summed E-state index contributed by atoms with van der Waals surface area (Å²) >= 11 is 0. The van der Waals surface area contributed by atoms with Crippen LogP contribution in [0.4, 0.5) is 25.0 Å². The van der Waals surface area contributed by atoms with Crippen LogP contribution in [0.25, 0.3) is 0 Å². The van der Waals surface area contributed by atoms with E-state index in [1.807, 2.05) is 0 Å². The van der Waals surface area contributed by atoms with Gasteiger partial charge in [-0.3, -0.25) is 0 Å². The van der Waals surface area contributed by atoms with Crippen molar-refractivity contribution in [2.75, 3.05) is 18.1 Å². The minimum atomic E-state index is -1.39. The minimum absolute atomic E-state index is 0.141. The average molecular weight is 483 g/mol. The number of carboxylic acid groups (broad SMARTS) is 1. The number of hydrogen-bond donors (Lipinski definition) is 2.